The molecule has 0 aromatic rings. The van der Waals surface area contributed by atoms with E-state index in [1.165, 1.54) is 0 Å². The molecule has 0 saturated carbocycles. The van der Waals surface area contributed by atoms with Crippen molar-refractivity contribution in [1.29, 1.82) is 0 Å². The van der Waals surface area contributed by atoms with Crippen molar-refractivity contribution in [2.45, 2.75) is 51.2 Å². The van der Waals surface area contributed by atoms with Crippen LogP contribution >= 0.6 is 0 Å². The molecule has 0 aromatic heterocycles. The average Bonchev–Trinajstić information content (AvgIpc) is 2.16. The van der Waals surface area contributed by atoms with Gasteiger partial charge in [0.15, 0.2) is 0 Å². The number of carboxylic acid groups (broad SMARTS) is 2. The van der Waals surface area contributed by atoms with E-state index in [1.54, 1.807) is 4.90 Å². The quantitative estimate of drug-likeness (QED) is 0.727. The van der Waals surface area contributed by atoms with Crippen molar-refractivity contribution in [2.24, 2.45) is 0 Å². The highest BCUT2D eigenvalue weighted by molar-refractivity contribution is 5.78. The summed E-state index contributed by atoms with van der Waals surface area (Å²) < 4.78 is 0. The molecular formula is C10H17NO4. The zero-order valence-corrected chi connectivity index (χ0v) is 9.01. The van der Waals surface area contributed by atoms with Crippen LogP contribution in [0.1, 0.15) is 33.1 Å². The number of carbonyl (C=O) groups is 2. The van der Waals surface area contributed by atoms with E-state index >= 15 is 0 Å². The van der Waals surface area contributed by atoms with E-state index in [9.17, 15) is 9.59 Å². The Balaban J connectivity index is 2.90. The highest BCUT2D eigenvalue weighted by atomic mass is 16.4. The third-order valence-corrected chi connectivity index (χ3v) is 2.84. The van der Waals surface area contributed by atoms with Crippen molar-refractivity contribution in [2.75, 3.05) is 0 Å². The Morgan fingerprint density at radius 3 is 1.80 bits per heavy atom. The third kappa shape index (κ3) is 2.47. The van der Waals surface area contributed by atoms with E-state index in [-0.39, 0.29) is 6.04 Å². The van der Waals surface area contributed by atoms with Gasteiger partial charge in [-0.15, -0.1) is 0 Å². The zero-order chi connectivity index (χ0) is 11.6. The van der Waals surface area contributed by atoms with Gasteiger partial charge < -0.3 is 10.2 Å². The first-order chi connectivity index (χ1) is 6.95. The smallest absolute Gasteiger partial charge is 0.320 e. The highest BCUT2D eigenvalue weighted by Gasteiger charge is 2.39. The molecule has 0 aromatic carbocycles. The predicted octanol–water partition coefficient (Wildman–Crippen LogP) is 0.787. The minimum Gasteiger partial charge on any atom is -0.480 e. The van der Waals surface area contributed by atoms with Crippen LogP contribution in [0.2, 0.25) is 0 Å². The molecule has 1 aliphatic rings. The van der Waals surface area contributed by atoms with Crippen LogP contribution < -0.4 is 0 Å². The summed E-state index contributed by atoms with van der Waals surface area (Å²) in [5.41, 5.74) is 0. The number of piperidine rings is 1. The minimum absolute atomic E-state index is 0.0625. The normalized spacial score (nSPS) is 27.9. The molecule has 0 aliphatic carbocycles. The molecule has 1 heterocycles. The van der Waals surface area contributed by atoms with Gasteiger partial charge >= 0.3 is 11.9 Å². The third-order valence-electron chi connectivity index (χ3n) is 2.84. The Kier molecular flexibility index (Phi) is 3.68. The van der Waals surface area contributed by atoms with Gasteiger partial charge in [-0.3, -0.25) is 14.5 Å². The topological polar surface area (TPSA) is 77.8 Å². The molecule has 1 saturated heterocycles. The highest BCUT2D eigenvalue weighted by Crippen LogP contribution is 2.25. The van der Waals surface area contributed by atoms with Crippen LogP contribution in [0.25, 0.3) is 0 Å². The monoisotopic (exact) mass is 215 g/mol. The first-order valence-electron chi connectivity index (χ1n) is 5.18. The summed E-state index contributed by atoms with van der Waals surface area (Å²) in [6.45, 7) is 3.66. The van der Waals surface area contributed by atoms with Gasteiger partial charge in [-0.2, -0.15) is 0 Å². The summed E-state index contributed by atoms with van der Waals surface area (Å²) in [5, 5.41) is 18.0. The van der Waals surface area contributed by atoms with Crippen LogP contribution in [-0.4, -0.2) is 45.2 Å². The van der Waals surface area contributed by atoms with Crippen LogP contribution in [-0.2, 0) is 9.59 Å². The molecule has 0 amide bonds. The summed E-state index contributed by atoms with van der Waals surface area (Å²) in [7, 11) is 0. The van der Waals surface area contributed by atoms with Gasteiger partial charge in [0.05, 0.1) is 0 Å². The molecule has 0 radical (unpaired) electrons. The largest absolute Gasteiger partial charge is 0.480 e. The van der Waals surface area contributed by atoms with E-state index in [4.69, 9.17) is 10.2 Å². The van der Waals surface area contributed by atoms with Gasteiger partial charge in [0.2, 0.25) is 0 Å². The molecule has 0 bridgehead atoms. The molecule has 86 valence electrons. The fourth-order valence-corrected chi connectivity index (χ4v) is 2.24. The fraction of sp³-hybridized carbons (Fsp3) is 0.800. The van der Waals surface area contributed by atoms with Gasteiger partial charge in [-0.05, 0) is 33.1 Å². The van der Waals surface area contributed by atoms with Crippen molar-refractivity contribution in [3.8, 4) is 0 Å². The van der Waals surface area contributed by atoms with Gasteiger partial charge in [-0.1, -0.05) is 0 Å². The Morgan fingerprint density at radius 1 is 1.13 bits per heavy atom. The molecule has 0 spiro atoms. The number of rotatable bonds is 3. The van der Waals surface area contributed by atoms with Crippen LogP contribution in [0.15, 0.2) is 0 Å². The summed E-state index contributed by atoms with van der Waals surface area (Å²) in [6.07, 6.45) is 1.74. The lowest BCUT2D eigenvalue weighted by Gasteiger charge is -2.40. The van der Waals surface area contributed by atoms with Crippen LogP contribution in [0.5, 0.6) is 0 Å². The summed E-state index contributed by atoms with van der Waals surface area (Å²) >= 11 is 0. The van der Waals surface area contributed by atoms with E-state index in [2.05, 4.69) is 0 Å². The Hall–Kier alpha value is -1.10. The molecule has 5 heteroatoms. The number of hydrogen-bond acceptors (Lipinski definition) is 3. The maximum absolute atomic E-state index is 11.0. The Bertz CT molecular complexity index is 242. The van der Waals surface area contributed by atoms with Gasteiger partial charge in [0, 0.05) is 6.04 Å². The van der Waals surface area contributed by atoms with Gasteiger partial charge in [0.25, 0.3) is 0 Å². The fourth-order valence-electron chi connectivity index (χ4n) is 2.24. The summed E-state index contributed by atoms with van der Waals surface area (Å²) in [5.74, 6) is -1.84. The molecule has 15 heavy (non-hydrogen) atoms. The van der Waals surface area contributed by atoms with Crippen LogP contribution in [0, 0.1) is 0 Å². The average molecular weight is 215 g/mol. The number of nitrogens with zero attached hydrogens (tertiary/aromatic N) is 1. The summed E-state index contributed by atoms with van der Waals surface area (Å²) in [4.78, 5) is 23.6. The molecule has 2 N–H and O–H groups in total. The number of aliphatic carboxylic acids is 2. The van der Waals surface area contributed by atoms with Crippen molar-refractivity contribution in [1.82, 2.24) is 4.90 Å². The van der Waals surface area contributed by atoms with E-state index in [0.29, 0.717) is 19.3 Å². The Morgan fingerprint density at radius 2 is 1.53 bits per heavy atom. The molecule has 2 atom stereocenters. The standard InChI is InChI=1S/C10H17NO4/c1-6(2)11-7(9(12)13)4-3-5-8(11)10(14)15/h6-8H,3-5H2,1-2H3,(H,12,13)(H,14,15)/t7-,8+. The van der Waals surface area contributed by atoms with Gasteiger partial charge in [0.1, 0.15) is 12.1 Å². The maximum atomic E-state index is 11.0. The molecule has 1 rings (SSSR count). The van der Waals surface area contributed by atoms with E-state index < -0.39 is 24.0 Å². The minimum atomic E-state index is -0.922. The van der Waals surface area contributed by atoms with Crippen LogP contribution in [0.3, 0.4) is 0 Å². The molecule has 5 nitrogen and oxygen atoms in total. The SMILES string of the molecule is CC(C)N1[C@@H](C(=O)O)CCC[C@H]1C(=O)O. The van der Waals surface area contributed by atoms with Crippen molar-refractivity contribution in [3.05, 3.63) is 0 Å². The lowest BCUT2D eigenvalue weighted by atomic mass is 9.94. The predicted molar refractivity (Wildman–Crippen MR) is 53.7 cm³/mol. The van der Waals surface area contributed by atoms with Crippen molar-refractivity contribution >= 4 is 11.9 Å². The lowest BCUT2D eigenvalue weighted by Crippen LogP contribution is -2.56. The molecule has 1 fully saturated rings. The summed E-state index contributed by atoms with van der Waals surface area (Å²) in [6, 6.07) is -1.37. The number of likely N-dealkylation sites (tertiary alicyclic amines) is 1. The van der Waals surface area contributed by atoms with Gasteiger partial charge in [-0.25, -0.2) is 0 Å². The second-order valence-corrected chi connectivity index (χ2v) is 4.18. The first kappa shape index (κ1) is 12.0. The van der Waals surface area contributed by atoms with E-state index in [0.717, 1.165) is 0 Å². The molecule has 1 aliphatic heterocycles. The molecule has 0 unspecified atom stereocenters. The number of carboxylic acids is 2. The first-order valence-corrected chi connectivity index (χ1v) is 5.18. The second-order valence-electron chi connectivity index (χ2n) is 4.18. The maximum Gasteiger partial charge on any atom is 0.320 e. The van der Waals surface area contributed by atoms with Crippen molar-refractivity contribution in [3.63, 3.8) is 0 Å². The zero-order valence-electron chi connectivity index (χ0n) is 9.01. The van der Waals surface area contributed by atoms with Crippen molar-refractivity contribution < 1.29 is 19.8 Å². The van der Waals surface area contributed by atoms with Crippen LogP contribution in [0.4, 0.5) is 0 Å². The van der Waals surface area contributed by atoms with E-state index in [1.807, 2.05) is 13.8 Å². The Labute approximate surface area is 88.7 Å². The molecular weight excluding hydrogens is 198 g/mol. The lowest BCUT2D eigenvalue weighted by molar-refractivity contribution is -0.155. The number of hydrogen-bond donors (Lipinski definition) is 2. The second kappa shape index (κ2) is 4.61.